The second kappa shape index (κ2) is 6.80. The number of hydrogen-bond donors (Lipinski definition) is 2. The highest BCUT2D eigenvalue weighted by atomic mass is 32.2. The van der Waals surface area contributed by atoms with E-state index >= 15 is 0 Å². The number of nitrogens with zero attached hydrogens (tertiary/aromatic N) is 3. The molecule has 1 aromatic rings. The van der Waals surface area contributed by atoms with Crippen LogP contribution >= 0.6 is 11.8 Å². The van der Waals surface area contributed by atoms with E-state index in [-0.39, 0.29) is 0 Å². The Kier molecular flexibility index (Phi) is 5.07. The van der Waals surface area contributed by atoms with Gasteiger partial charge in [0, 0.05) is 56.5 Å². The summed E-state index contributed by atoms with van der Waals surface area (Å²) in [5.74, 6) is 4.10. The molecule has 1 aliphatic rings. The minimum atomic E-state index is 0.673. The van der Waals surface area contributed by atoms with Crippen molar-refractivity contribution in [2.75, 3.05) is 55.4 Å². The van der Waals surface area contributed by atoms with Crippen LogP contribution in [-0.2, 0) is 0 Å². The SMILES string of the molecule is CNc1nc(C)cc(NCCN2CCSCC2)n1. The van der Waals surface area contributed by atoms with Gasteiger partial charge in [0.15, 0.2) is 0 Å². The summed E-state index contributed by atoms with van der Waals surface area (Å²) in [6, 6.07) is 1.98. The predicted octanol–water partition coefficient (Wildman–Crippen LogP) is 1.29. The number of hydrogen-bond acceptors (Lipinski definition) is 6. The van der Waals surface area contributed by atoms with Gasteiger partial charge >= 0.3 is 0 Å². The van der Waals surface area contributed by atoms with E-state index in [2.05, 4.69) is 25.5 Å². The van der Waals surface area contributed by atoms with Gasteiger partial charge < -0.3 is 10.6 Å². The van der Waals surface area contributed by atoms with E-state index in [1.54, 1.807) is 0 Å². The molecule has 1 aliphatic heterocycles. The average molecular weight is 267 g/mol. The Morgan fingerprint density at radius 1 is 1.33 bits per heavy atom. The van der Waals surface area contributed by atoms with Gasteiger partial charge in [-0.05, 0) is 6.92 Å². The van der Waals surface area contributed by atoms with Crippen LogP contribution in [0, 0.1) is 6.92 Å². The maximum atomic E-state index is 4.38. The fourth-order valence-corrected chi connectivity index (χ4v) is 2.92. The number of anilines is 2. The van der Waals surface area contributed by atoms with E-state index in [1.807, 2.05) is 31.8 Å². The molecule has 2 N–H and O–H groups in total. The van der Waals surface area contributed by atoms with Crippen LogP contribution in [0.3, 0.4) is 0 Å². The third-order valence-corrected chi connectivity index (χ3v) is 3.86. The molecule has 0 aliphatic carbocycles. The number of nitrogens with one attached hydrogen (secondary N) is 2. The van der Waals surface area contributed by atoms with E-state index in [1.165, 1.54) is 24.6 Å². The molecular formula is C12H21N5S. The molecule has 1 aromatic heterocycles. The lowest BCUT2D eigenvalue weighted by Crippen LogP contribution is -2.36. The van der Waals surface area contributed by atoms with Gasteiger partial charge in [0.05, 0.1) is 0 Å². The highest BCUT2D eigenvalue weighted by molar-refractivity contribution is 7.99. The zero-order valence-corrected chi connectivity index (χ0v) is 11.9. The van der Waals surface area contributed by atoms with Crippen LogP contribution in [0.25, 0.3) is 0 Å². The van der Waals surface area contributed by atoms with Crippen molar-refractivity contribution in [2.45, 2.75) is 6.92 Å². The molecule has 0 aromatic carbocycles. The molecule has 0 saturated carbocycles. The van der Waals surface area contributed by atoms with Crippen molar-refractivity contribution < 1.29 is 0 Å². The average Bonchev–Trinajstić information content (AvgIpc) is 2.39. The first kappa shape index (κ1) is 13.4. The molecule has 1 saturated heterocycles. The van der Waals surface area contributed by atoms with Crippen LogP contribution < -0.4 is 10.6 Å². The summed E-state index contributed by atoms with van der Waals surface area (Å²) in [6.07, 6.45) is 0. The third kappa shape index (κ3) is 4.03. The number of rotatable bonds is 5. The molecule has 0 unspecified atom stereocenters. The second-order valence-electron chi connectivity index (χ2n) is 4.35. The van der Waals surface area contributed by atoms with Gasteiger partial charge in [0.1, 0.15) is 5.82 Å². The zero-order valence-electron chi connectivity index (χ0n) is 11.1. The first-order chi connectivity index (χ1) is 8.78. The first-order valence-corrected chi connectivity index (χ1v) is 7.51. The summed E-state index contributed by atoms with van der Waals surface area (Å²) in [5.41, 5.74) is 0.978. The molecule has 6 heteroatoms. The van der Waals surface area contributed by atoms with Gasteiger partial charge in [-0.1, -0.05) is 0 Å². The third-order valence-electron chi connectivity index (χ3n) is 2.92. The zero-order chi connectivity index (χ0) is 12.8. The van der Waals surface area contributed by atoms with Gasteiger partial charge in [-0.25, -0.2) is 4.98 Å². The van der Waals surface area contributed by atoms with Crippen molar-refractivity contribution in [3.63, 3.8) is 0 Å². The highest BCUT2D eigenvalue weighted by Gasteiger charge is 2.09. The summed E-state index contributed by atoms with van der Waals surface area (Å²) >= 11 is 2.04. The fourth-order valence-electron chi connectivity index (χ4n) is 1.94. The highest BCUT2D eigenvalue weighted by Crippen LogP contribution is 2.10. The van der Waals surface area contributed by atoms with E-state index < -0.39 is 0 Å². The van der Waals surface area contributed by atoms with Crippen LogP contribution in [0.4, 0.5) is 11.8 Å². The van der Waals surface area contributed by atoms with Gasteiger partial charge in [-0.15, -0.1) is 0 Å². The van der Waals surface area contributed by atoms with Gasteiger partial charge in [0.2, 0.25) is 5.95 Å². The number of aromatic nitrogens is 2. The maximum absolute atomic E-state index is 4.38. The van der Waals surface area contributed by atoms with E-state index in [9.17, 15) is 0 Å². The van der Waals surface area contributed by atoms with Crippen LogP contribution in [0.5, 0.6) is 0 Å². The van der Waals surface area contributed by atoms with Gasteiger partial charge in [0.25, 0.3) is 0 Å². The van der Waals surface area contributed by atoms with Gasteiger partial charge in [-0.2, -0.15) is 16.7 Å². The lowest BCUT2D eigenvalue weighted by Gasteiger charge is -2.26. The molecule has 0 bridgehead atoms. The summed E-state index contributed by atoms with van der Waals surface area (Å²) < 4.78 is 0. The quantitative estimate of drug-likeness (QED) is 0.838. The lowest BCUT2D eigenvalue weighted by atomic mass is 10.4. The summed E-state index contributed by atoms with van der Waals surface area (Å²) in [5, 5.41) is 6.34. The topological polar surface area (TPSA) is 53.1 Å². The molecule has 0 spiro atoms. The predicted molar refractivity (Wildman–Crippen MR) is 78.6 cm³/mol. The minimum Gasteiger partial charge on any atom is -0.369 e. The Morgan fingerprint density at radius 3 is 2.83 bits per heavy atom. The Hall–Kier alpha value is -1.01. The molecule has 2 rings (SSSR count). The molecule has 2 heterocycles. The minimum absolute atomic E-state index is 0.673. The van der Waals surface area contributed by atoms with Crippen LogP contribution in [0.2, 0.25) is 0 Å². The second-order valence-corrected chi connectivity index (χ2v) is 5.57. The van der Waals surface area contributed by atoms with Crippen LogP contribution in [-0.4, -0.2) is 59.6 Å². The Bertz CT molecular complexity index is 379. The molecule has 0 amide bonds. The van der Waals surface area contributed by atoms with Crippen LogP contribution in [0.1, 0.15) is 5.69 Å². The van der Waals surface area contributed by atoms with Crippen molar-refractivity contribution in [3.05, 3.63) is 11.8 Å². The monoisotopic (exact) mass is 267 g/mol. The smallest absolute Gasteiger partial charge is 0.224 e. The van der Waals surface area contributed by atoms with E-state index in [0.29, 0.717) is 5.95 Å². The molecule has 0 atom stereocenters. The van der Waals surface area contributed by atoms with Crippen molar-refractivity contribution in [3.8, 4) is 0 Å². The lowest BCUT2D eigenvalue weighted by molar-refractivity contribution is 0.314. The van der Waals surface area contributed by atoms with Crippen LogP contribution in [0.15, 0.2) is 6.07 Å². The van der Waals surface area contributed by atoms with E-state index in [4.69, 9.17) is 0 Å². The fraction of sp³-hybridized carbons (Fsp3) is 0.667. The molecule has 5 nitrogen and oxygen atoms in total. The number of aryl methyl sites for hydroxylation is 1. The normalized spacial score (nSPS) is 16.6. The summed E-state index contributed by atoms with van der Waals surface area (Å²) in [4.78, 5) is 11.2. The van der Waals surface area contributed by atoms with Crippen molar-refractivity contribution in [1.82, 2.24) is 14.9 Å². The van der Waals surface area contributed by atoms with Crippen molar-refractivity contribution >= 4 is 23.5 Å². The maximum Gasteiger partial charge on any atom is 0.224 e. The summed E-state index contributed by atoms with van der Waals surface area (Å²) in [7, 11) is 1.84. The standard InChI is InChI=1S/C12H21N5S/c1-10-9-11(16-12(13-2)15-10)14-3-4-17-5-7-18-8-6-17/h9H,3-8H2,1-2H3,(H2,13,14,15,16). The molecule has 100 valence electrons. The summed E-state index contributed by atoms with van der Waals surface area (Å²) in [6.45, 7) is 6.41. The Morgan fingerprint density at radius 2 is 2.11 bits per heavy atom. The Labute approximate surface area is 113 Å². The molecule has 18 heavy (non-hydrogen) atoms. The Balaban J connectivity index is 1.80. The van der Waals surface area contributed by atoms with Gasteiger partial charge in [-0.3, -0.25) is 4.90 Å². The number of thioether (sulfide) groups is 1. The van der Waals surface area contributed by atoms with E-state index in [0.717, 1.165) is 24.6 Å². The first-order valence-electron chi connectivity index (χ1n) is 6.35. The van der Waals surface area contributed by atoms with Crippen molar-refractivity contribution in [1.29, 1.82) is 0 Å². The largest absolute Gasteiger partial charge is 0.369 e. The molecular weight excluding hydrogens is 246 g/mol. The van der Waals surface area contributed by atoms with Crippen molar-refractivity contribution in [2.24, 2.45) is 0 Å². The molecule has 0 radical (unpaired) electrons. The molecule has 1 fully saturated rings.